The first-order valence-electron chi connectivity index (χ1n) is 2.09. The van der Waals surface area contributed by atoms with Crippen LogP contribution in [0.3, 0.4) is 0 Å². The zero-order chi connectivity index (χ0) is 5.11. The molecule has 0 amide bonds. The molecule has 40 valence electrons. The van der Waals surface area contributed by atoms with Crippen molar-refractivity contribution in [2.24, 2.45) is 0 Å². The first kappa shape index (κ1) is 5.15. The molecule has 2 heteroatoms. The summed E-state index contributed by atoms with van der Waals surface area (Å²) >= 11 is 0.218. The summed E-state index contributed by atoms with van der Waals surface area (Å²) < 4.78 is 4.47. The Labute approximate surface area is 54.3 Å². The van der Waals surface area contributed by atoms with E-state index in [0.717, 1.165) is 0 Å². The van der Waals surface area contributed by atoms with E-state index >= 15 is 0 Å². The van der Waals surface area contributed by atoms with Crippen molar-refractivity contribution < 1.29 is 21.5 Å². The molecule has 1 nitrogen and oxygen atoms in total. The summed E-state index contributed by atoms with van der Waals surface area (Å²) in [5.41, 5.74) is 0. The van der Waals surface area contributed by atoms with Crippen LogP contribution >= 0.6 is 0 Å². The molecule has 0 N–H and O–H groups in total. The summed E-state index contributed by atoms with van der Waals surface area (Å²) in [6.07, 6.45) is 6.27. The predicted octanol–water partition coefficient (Wildman–Crippen LogP) is -2.04. The zero-order valence-electron chi connectivity index (χ0n) is 4.13. The summed E-state index contributed by atoms with van der Waals surface area (Å²) in [4.78, 5) is 0. The van der Waals surface area contributed by atoms with Crippen molar-refractivity contribution in [1.82, 2.24) is 3.11 Å². The minimum atomic E-state index is 0.218. The standard InChI is InChI=1S/C5H7IN/c1-7-5-3-2-4-6-7/h2-5H,1H3/q-1. The molecule has 0 radical (unpaired) electrons. The molecule has 0 atom stereocenters. The van der Waals surface area contributed by atoms with Gasteiger partial charge in [0.1, 0.15) is 0 Å². The molecule has 0 bridgehead atoms. The molecule has 1 heterocycles. The van der Waals surface area contributed by atoms with Crippen LogP contribution in [-0.4, -0.2) is 10.2 Å². The molecule has 0 saturated heterocycles. The van der Waals surface area contributed by atoms with Crippen LogP contribution in [0.4, 0.5) is 0 Å². The van der Waals surface area contributed by atoms with Gasteiger partial charge >= 0.3 is 54.1 Å². The third kappa shape index (κ3) is 1.51. The topological polar surface area (TPSA) is 3.24 Å². The number of rotatable bonds is 0. The molecule has 0 aromatic rings. The van der Waals surface area contributed by atoms with Crippen LogP contribution < -0.4 is 21.5 Å². The van der Waals surface area contributed by atoms with Gasteiger partial charge < -0.3 is 0 Å². The van der Waals surface area contributed by atoms with Gasteiger partial charge in [0.05, 0.1) is 0 Å². The molecule has 0 spiro atoms. The molecule has 0 fully saturated rings. The maximum absolute atomic E-state index is 2.24. The van der Waals surface area contributed by atoms with Crippen LogP contribution in [0.2, 0.25) is 0 Å². The summed E-state index contributed by atoms with van der Waals surface area (Å²) in [5.74, 6) is 0. The van der Waals surface area contributed by atoms with Gasteiger partial charge in [-0.25, -0.2) is 0 Å². The number of allylic oxidation sites excluding steroid dienone is 2. The number of hydrogen-bond acceptors (Lipinski definition) is 1. The Hall–Kier alpha value is 0.01000. The Morgan fingerprint density at radius 3 is 2.57 bits per heavy atom. The Morgan fingerprint density at radius 1 is 1.43 bits per heavy atom. The Morgan fingerprint density at radius 2 is 2.29 bits per heavy atom. The Kier molecular flexibility index (Phi) is 1.73. The molecule has 0 aromatic heterocycles. The number of nitrogens with zero attached hydrogens (tertiary/aromatic N) is 1. The molecule has 7 heavy (non-hydrogen) atoms. The molecule has 0 unspecified atom stereocenters. The molecule has 1 aliphatic rings. The molecule has 1 aliphatic heterocycles. The molecular formula is C5H7IN-. The zero-order valence-corrected chi connectivity index (χ0v) is 6.29. The van der Waals surface area contributed by atoms with E-state index in [-0.39, 0.29) is 21.5 Å². The Bertz CT molecular complexity index is 107. The fraction of sp³-hybridized carbons (Fsp3) is 0.200. The quantitative estimate of drug-likeness (QED) is 0.327. The van der Waals surface area contributed by atoms with E-state index in [1.807, 2.05) is 0 Å². The van der Waals surface area contributed by atoms with Gasteiger partial charge in [-0.1, -0.05) is 0 Å². The summed E-state index contributed by atoms with van der Waals surface area (Å²) in [5, 5.41) is 0. The monoisotopic (exact) mass is 208 g/mol. The van der Waals surface area contributed by atoms with Gasteiger partial charge in [-0.3, -0.25) is 0 Å². The van der Waals surface area contributed by atoms with Gasteiger partial charge in [0, 0.05) is 0 Å². The number of hydrogen-bond donors (Lipinski definition) is 0. The van der Waals surface area contributed by atoms with E-state index in [0.29, 0.717) is 0 Å². The van der Waals surface area contributed by atoms with E-state index in [4.69, 9.17) is 0 Å². The van der Waals surface area contributed by atoms with Crippen molar-refractivity contribution in [2.45, 2.75) is 0 Å². The van der Waals surface area contributed by atoms with Gasteiger partial charge in [-0.05, 0) is 0 Å². The number of halogens is 1. The van der Waals surface area contributed by atoms with Gasteiger partial charge in [0.25, 0.3) is 0 Å². The SMILES string of the molecule is CN1C=CC=C[I-]1. The van der Waals surface area contributed by atoms with Gasteiger partial charge in [-0.2, -0.15) is 0 Å². The molecule has 0 saturated carbocycles. The molecule has 1 rings (SSSR count). The summed E-state index contributed by atoms with van der Waals surface area (Å²) in [7, 11) is 2.10. The van der Waals surface area contributed by atoms with Crippen molar-refractivity contribution in [2.75, 3.05) is 7.05 Å². The summed E-state index contributed by atoms with van der Waals surface area (Å²) in [6.45, 7) is 0. The van der Waals surface area contributed by atoms with E-state index < -0.39 is 0 Å². The second kappa shape index (κ2) is 2.35. The second-order valence-corrected chi connectivity index (χ2v) is 4.08. The van der Waals surface area contributed by atoms with Crippen LogP contribution in [0.1, 0.15) is 0 Å². The third-order valence-corrected chi connectivity index (χ3v) is 2.62. The first-order chi connectivity index (χ1) is 3.39. The van der Waals surface area contributed by atoms with E-state index in [1.165, 1.54) is 0 Å². The van der Waals surface area contributed by atoms with Crippen molar-refractivity contribution in [1.29, 1.82) is 0 Å². The van der Waals surface area contributed by atoms with Crippen LogP contribution in [0, 0.1) is 0 Å². The fourth-order valence-electron chi connectivity index (χ4n) is 0.364. The van der Waals surface area contributed by atoms with Crippen LogP contribution in [0.5, 0.6) is 0 Å². The predicted molar refractivity (Wildman–Crippen MR) is 26.0 cm³/mol. The van der Waals surface area contributed by atoms with Crippen molar-refractivity contribution >= 4 is 0 Å². The van der Waals surface area contributed by atoms with Crippen LogP contribution in [0.15, 0.2) is 22.4 Å². The van der Waals surface area contributed by atoms with Crippen LogP contribution in [-0.2, 0) is 0 Å². The first-order valence-corrected chi connectivity index (χ1v) is 4.30. The van der Waals surface area contributed by atoms with E-state index in [1.54, 1.807) is 0 Å². The maximum atomic E-state index is 2.24. The second-order valence-electron chi connectivity index (χ2n) is 1.28. The van der Waals surface area contributed by atoms with E-state index in [2.05, 4.69) is 32.6 Å². The van der Waals surface area contributed by atoms with Gasteiger partial charge in [0.2, 0.25) is 0 Å². The van der Waals surface area contributed by atoms with Gasteiger partial charge in [-0.15, -0.1) is 0 Å². The minimum absolute atomic E-state index is 0.218. The molecule has 0 aliphatic carbocycles. The van der Waals surface area contributed by atoms with Crippen molar-refractivity contribution in [3.63, 3.8) is 0 Å². The van der Waals surface area contributed by atoms with Crippen molar-refractivity contribution in [3.05, 3.63) is 22.4 Å². The normalized spacial score (nSPS) is 19.3. The molecular weight excluding hydrogens is 201 g/mol. The summed E-state index contributed by atoms with van der Waals surface area (Å²) in [6, 6.07) is 0. The third-order valence-electron chi connectivity index (χ3n) is 0.686. The van der Waals surface area contributed by atoms with Crippen molar-refractivity contribution in [3.8, 4) is 0 Å². The fourth-order valence-corrected chi connectivity index (χ4v) is 1.67. The molecule has 0 aromatic carbocycles. The van der Waals surface area contributed by atoms with Crippen LogP contribution in [0.25, 0.3) is 0 Å². The van der Waals surface area contributed by atoms with E-state index in [9.17, 15) is 0 Å². The Balaban J connectivity index is 2.49. The van der Waals surface area contributed by atoms with Gasteiger partial charge in [0.15, 0.2) is 0 Å². The average molecular weight is 208 g/mol. The average Bonchev–Trinajstić information content (AvgIpc) is 1.69.